The lowest BCUT2D eigenvalue weighted by molar-refractivity contribution is 0.144. The maximum atomic E-state index is 11.7. The van der Waals surface area contributed by atoms with E-state index < -0.39 is 37.1 Å². The molecule has 5 unspecified atom stereocenters. The van der Waals surface area contributed by atoms with Gasteiger partial charge >= 0.3 is 7.60 Å². The Labute approximate surface area is 331 Å². The van der Waals surface area contributed by atoms with Crippen LogP contribution in [0, 0.1) is 29.6 Å². The minimum Gasteiger partial charge on any atom is -0.332 e. The molecule has 0 aromatic rings. The minimum atomic E-state index is -2.67. The Morgan fingerprint density at radius 3 is 1.11 bits per heavy atom. The number of hydrogen-bond donors (Lipinski definition) is 0. The van der Waals surface area contributed by atoms with Crippen LogP contribution in [0.5, 0.6) is 0 Å². The van der Waals surface area contributed by atoms with E-state index >= 15 is 0 Å². The quantitative estimate of drug-likeness (QED) is 0.129. The molecule has 0 bridgehead atoms. The molecule has 0 radical (unpaired) electrons. The highest BCUT2D eigenvalue weighted by Gasteiger charge is 2.28. The topological polar surface area (TPSA) is 141 Å². The summed E-state index contributed by atoms with van der Waals surface area (Å²) in [5, 5.41) is 0. The van der Waals surface area contributed by atoms with Gasteiger partial charge in [-0.15, -0.1) is 0 Å². The van der Waals surface area contributed by atoms with Crippen LogP contribution in [-0.4, -0.2) is 97.1 Å². The summed E-state index contributed by atoms with van der Waals surface area (Å²) >= 11 is 0. The third-order valence-electron chi connectivity index (χ3n) is 6.82. The van der Waals surface area contributed by atoms with Crippen molar-refractivity contribution in [1.82, 2.24) is 0 Å². The maximum absolute atomic E-state index is 11.7. The summed E-state index contributed by atoms with van der Waals surface area (Å²) in [5.74, 6) is 2.18. The van der Waals surface area contributed by atoms with Crippen LogP contribution in [0.3, 0.4) is 0 Å². The van der Waals surface area contributed by atoms with Crippen molar-refractivity contribution in [3.8, 4) is 0 Å². The Morgan fingerprint density at radius 1 is 0.566 bits per heavy atom. The van der Waals surface area contributed by atoms with Gasteiger partial charge in [0.05, 0.1) is 39.2 Å². The SMILES string of the molecule is C.C.CC(C)CP1(=O)OCCCO1.CCOP(C)(=O)C(C)C(C)C.CCOP(C)(=O)CC(C)C.CCOP(C)(=O)CC(C)C.COP(C)(=O)CC(C)C. The second-order valence-electron chi connectivity index (χ2n) is 15.3. The molecule has 1 aliphatic rings. The predicted octanol–water partition coefficient (Wildman–Crippen LogP) is 13.9. The van der Waals surface area contributed by atoms with Crippen LogP contribution >= 0.6 is 37.1 Å². The molecule has 1 aliphatic heterocycles. The van der Waals surface area contributed by atoms with Gasteiger partial charge in [0.15, 0.2) is 22.1 Å². The molecule has 0 amide bonds. The Kier molecular flexibility index (Phi) is 42.0. The Morgan fingerprint density at radius 2 is 0.887 bits per heavy atom. The van der Waals surface area contributed by atoms with Crippen molar-refractivity contribution in [2.45, 2.75) is 124 Å². The lowest BCUT2D eigenvalue weighted by Crippen LogP contribution is -2.12. The molecule has 1 saturated heterocycles. The van der Waals surface area contributed by atoms with Gasteiger partial charge < -0.3 is 27.1 Å². The smallest absolute Gasteiger partial charge is 0.330 e. The van der Waals surface area contributed by atoms with Crippen molar-refractivity contribution in [3.05, 3.63) is 0 Å². The van der Waals surface area contributed by atoms with Gasteiger partial charge in [-0.3, -0.25) is 22.8 Å². The molecule has 16 heteroatoms. The van der Waals surface area contributed by atoms with Crippen LogP contribution < -0.4 is 0 Å². The second-order valence-corrected chi connectivity index (χ2v) is 28.4. The Hall–Kier alpha value is 0.910. The van der Waals surface area contributed by atoms with Gasteiger partial charge in [0, 0.05) is 57.9 Å². The molecule has 0 saturated carbocycles. The summed E-state index contributed by atoms with van der Waals surface area (Å²) in [7, 11) is -10.2. The zero-order valence-corrected chi connectivity index (χ0v) is 40.7. The van der Waals surface area contributed by atoms with Gasteiger partial charge in [-0.1, -0.05) is 91.0 Å². The first-order valence-electron chi connectivity index (χ1n) is 18.6. The molecule has 53 heavy (non-hydrogen) atoms. The van der Waals surface area contributed by atoms with Gasteiger partial charge in [-0.25, -0.2) is 0 Å². The molecule has 0 aromatic heterocycles. The molecule has 5 atom stereocenters. The molecule has 0 spiro atoms. The van der Waals surface area contributed by atoms with Crippen LogP contribution in [0.2, 0.25) is 0 Å². The van der Waals surface area contributed by atoms with Crippen LogP contribution in [0.25, 0.3) is 0 Å². The highest BCUT2D eigenvalue weighted by Crippen LogP contribution is 2.52. The summed E-state index contributed by atoms with van der Waals surface area (Å²) in [6, 6.07) is 0. The zero-order chi connectivity index (χ0) is 41.3. The fourth-order valence-electron chi connectivity index (χ4n) is 4.69. The third-order valence-corrected chi connectivity index (χ3v) is 18.6. The van der Waals surface area contributed by atoms with Crippen molar-refractivity contribution in [2.24, 2.45) is 29.6 Å². The van der Waals surface area contributed by atoms with Crippen LogP contribution in [0.4, 0.5) is 0 Å². The van der Waals surface area contributed by atoms with E-state index in [1.165, 1.54) is 7.11 Å². The van der Waals surface area contributed by atoms with Crippen LogP contribution in [0.1, 0.15) is 118 Å². The average molecular weight is 867 g/mol. The normalized spacial score (nSPS) is 18.6. The standard InChI is InChI=1S/C8H19O2P.C7H15O3P.2C7H17O2P.C6H15O2P.2CH4/c1-6-10-11(5,9)8(4)7(2)3;1-7(2)6-11(8)9-4-3-5-10-11;2*1-5-9-10(4,8)6-7(2)3;1-6(2)5-9(4,7)8-3;;/h7-8H,6H2,1-5H3;7H,3-6H2,1-2H3;2*7H,5-6H2,1-4H3;6H,5H2,1-4H3;2*1H4. The van der Waals surface area contributed by atoms with Crippen molar-refractivity contribution < 1.29 is 50.0 Å². The monoisotopic (exact) mass is 867 g/mol. The predicted molar refractivity (Wildman–Crippen MR) is 237 cm³/mol. The third kappa shape index (κ3) is 43.9. The molecule has 330 valence electrons. The number of rotatable bonds is 17. The second kappa shape index (κ2) is 33.8. The van der Waals surface area contributed by atoms with Gasteiger partial charge in [-0.05, 0) is 56.8 Å². The highest BCUT2D eigenvalue weighted by atomic mass is 31.2. The summed E-state index contributed by atoms with van der Waals surface area (Å²) in [4.78, 5) is 0. The van der Waals surface area contributed by atoms with E-state index in [9.17, 15) is 22.8 Å². The lowest BCUT2D eigenvalue weighted by Gasteiger charge is -2.23. The van der Waals surface area contributed by atoms with E-state index in [2.05, 4.69) is 41.5 Å². The molecular weight excluding hydrogens is 775 g/mol. The Bertz CT molecular complexity index is 1050. The molecule has 0 N–H and O–H groups in total. The molecule has 1 rings (SSSR count). The molecule has 0 aliphatic carbocycles. The fourth-order valence-corrected chi connectivity index (χ4v) is 13.9. The van der Waals surface area contributed by atoms with Crippen molar-refractivity contribution in [3.63, 3.8) is 0 Å². The summed E-state index contributed by atoms with van der Waals surface area (Å²) in [5.41, 5.74) is 0.169. The summed E-state index contributed by atoms with van der Waals surface area (Å²) in [6.45, 7) is 37.7. The average Bonchev–Trinajstić information content (AvgIpc) is 2.91. The van der Waals surface area contributed by atoms with Gasteiger partial charge in [-0.2, -0.15) is 0 Å². The zero-order valence-electron chi connectivity index (χ0n) is 36.3. The fraction of sp³-hybridized carbons (Fsp3) is 1.00. The van der Waals surface area contributed by atoms with Gasteiger partial charge in [0.25, 0.3) is 0 Å². The number of hydrogen-bond acceptors (Lipinski definition) is 11. The maximum Gasteiger partial charge on any atom is 0.330 e. The first-order chi connectivity index (χ1) is 23.0. The summed E-state index contributed by atoms with van der Waals surface area (Å²) < 4.78 is 87.7. The first-order valence-corrected chi connectivity index (χ1v) is 29.3. The molecule has 1 heterocycles. The van der Waals surface area contributed by atoms with E-state index in [1.807, 2.05) is 55.4 Å². The molecule has 1 fully saturated rings. The van der Waals surface area contributed by atoms with E-state index in [4.69, 9.17) is 27.1 Å². The molecule has 11 nitrogen and oxygen atoms in total. The van der Waals surface area contributed by atoms with Crippen molar-refractivity contribution in [1.29, 1.82) is 0 Å². The molecular formula is C37H91O11P5. The minimum absolute atomic E-state index is 0. The Balaban J connectivity index is -0.000000129. The van der Waals surface area contributed by atoms with Crippen LogP contribution in [0.15, 0.2) is 0 Å². The molecule has 0 aromatic carbocycles. The van der Waals surface area contributed by atoms with E-state index in [0.29, 0.717) is 87.3 Å². The van der Waals surface area contributed by atoms with Crippen LogP contribution in [-0.2, 0) is 50.0 Å². The summed E-state index contributed by atoms with van der Waals surface area (Å²) in [6.07, 6.45) is 3.49. The van der Waals surface area contributed by atoms with Gasteiger partial charge in [0.1, 0.15) is 0 Å². The highest BCUT2D eigenvalue weighted by molar-refractivity contribution is 7.59. The van der Waals surface area contributed by atoms with E-state index in [0.717, 1.165) is 6.42 Å². The largest absolute Gasteiger partial charge is 0.332 e. The van der Waals surface area contributed by atoms with Gasteiger partial charge in [0.2, 0.25) is 7.37 Å². The van der Waals surface area contributed by atoms with Crippen molar-refractivity contribution >= 4 is 37.1 Å². The van der Waals surface area contributed by atoms with E-state index in [1.54, 1.807) is 26.7 Å². The van der Waals surface area contributed by atoms with Crippen molar-refractivity contribution in [2.75, 3.05) is 91.5 Å². The lowest BCUT2D eigenvalue weighted by atomic mass is 10.2. The first kappa shape index (κ1) is 65.7. The van der Waals surface area contributed by atoms with E-state index in [-0.39, 0.29) is 20.5 Å².